The summed E-state index contributed by atoms with van der Waals surface area (Å²) in [6.07, 6.45) is 9.91. The second-order valence-corrected chi connectivity index (χ2v) is 6.32. The number of pyridine rings is 2. The summed E-state index contributed by atoms with van der Waals surface area (Å²) in [5.74, 6) is -0.541. The van der Waals surface area contributed by atoms with Gasteiger partial charge in [-0.25, -0.2) is 4.39 Å². The summed E-state index contributed by atoms with van der Waals surface area (Å²) in [5, 5.41) is 7.85. The molecule has 2 heterocycles. The van der Waals surface area contributed by atoms with Crippen LogP contribution < -0.4 is 10.6 Å². The number of anilines is 3. The molecule has 0 fully saturated rings. The van der Waals surface area contributed by atoms with Gasteiger partial charge in [-0.05, 0) is 60.2 Å². The van der Waals surface area contributed by atoms with E-state index in [1.54, 1.807) is 43.0 Å². The van der Waals surface area contributed by atoms with Crippen molar-refractivity contribution in [2.24, 2.45) is 0 Å². The molecule has 0 saturated heterocycles. The highest BCUT2D eigenvalue weighted by Gasteiger charge is 2.08. The molecule has 4 rings (SSSR count). The lowest BCUT2D eigenvalue weighted by atomic mass is 10.1. The van der Waals surface area contributed by atoms with Gasteiger partial charge < -0.3 is 10.6 Å². The molecule has 0 aliphatic rings. The monoisotopic (exact) mass is 384 g/mol. The van der Waals surface area contributed by atoms with Crippen molar-refractivity contribution >= 4 is 39.8 Å². The maximum atomic E-state index is 13.1. The Morgan fingerprint density at radius 2 is 1.66 bits per heavy atom. The number of nitrogens with one attached hydrogen (secondary N) is 2. The van der Waals surface area contributed by atoms with Gasteiger partial charge in [-0.1, -0.05) is 6.07 Å². The number of hydrogen-bond acceptors (Lipinski definition) is 4. The molecule has 0 spiro atoms. The number of amides is 1. The molecule has 6 heteroatoms. The Hall–Kier alpha value is -4.06. The second kappa shape index (κ2) is 8.31. The van der Waals surface area contributed by atoms with Gasteiger partial charge in [0.25, 0.3) is 0 Å². The molecule has 4 aromatic rings. The fourth-order valence-corrected chi connectivity index (χ4v) is 2.92. The maximum absolute atomic E-state index is 13.1. The summed E-state index contributed by atoms with van der Waals surface area (Å²) in [7, 11) is 0. The Morgan fingerprint density at radius 3 is 2.45 bits per heavy atom. The van der Waals surface area contributed by atoms with Crippen LogP contribution in [-0.2, 0) is 4.79 Å². The minimum Gasteiger partial charge on any atom is -0.355 e. The third-order valence-corrected chi connectivity index (χ3v) is 4.31. The average molecular weight is 384 g/mol. The van der Waals surface area contributed by atoms with Crippen LogP contribution in [0.3, 0.4) is 0 Å². The number of fused-ring (bicyclic) bond motifs is 1. The first-order chi connectivity index (χ1) is 14.2. The van der Waals surface area contributed by atoms with E-state index in [-0.39, 0.29) is 11.7 Å². The molecule has 142 valence electrons. The quantitative estimate of drug-likeness (QED) is 0.466. The van der Waals surface area contributed by atoms with Crippen LogP contribution in [0.15, 0.2) is 85.5 Å². The Labute approximate surface area is 166 Å². The van der Waals surface area contributed by atoms with Crippen LogP contribution >= 0.6 is 0 Å². The van der Waals surface area contributed by atoms with Crippen molar-refractivity contribution in [2.75, 3.05) is 10.6 Å². The van der Waals surface area contributed by atoms with E-state index in [0.29, 0.717) is 5.69 Å². The normalized spacial score (nSPS) is 10.9. The maximum Gasteiger partial charge on any atom is 0.248 e. The minimum atomic E-state index is -0.290. The number of aromatic nitrogens is 2. The molecule has 29 heavy (non-hydrogen) atoms. The van der Waals surface area contributed by atoms with Crippen LogP contribution in [0.25, 0.3) is 16.8 Å². The van der Waals surface area contributed by atoms with Crippen molar-refractivity contribution in [3.8, 4) is 0 Å². The fourth-order valence-electron chi connectivity index (χ4n) is 2.92. The molecule has 0 atom stereocenters. The highest BCUT2D eigenvalue weighted by Crippen LogP contribution is 2.31. The number of benzene rings is 2. The predicted molar refractivity (Wildman–Crippen MR) is 113 cm³/mol. The van der Waals surface area contributed by atoms with Crippen LogP contribution in [0.2, 0.25) is 0 Å². The molecule has 0 unspecified atom stereocenters. The van der Waals surface area contributed by atoms with Gasteiger partial charge >= 0.3 is 0 Å². The largest absolute Gasteiger partial charge is 0.355 e. The Morgan fingerprint density at radius 1 is 0.862 bits per heavy atom. The van der Waals surface area contributed by atoms with Gasteiger partial charge in [0.05, 0.1) is 5.69 Å². The van der Waals surface area contributed by atoms with E-state index in [0.717, 1.165) is 27.7 Å². The lowest BCUT2D eigenvalue weighted by molar-refractivity contribution is -0.111. The van der Waals surface area contributed by atoms with E-state index in [4.69, 9.17) is 0 Å². The van der Waals surface area contributed by atoms with Crippen molar-refractivity contribution in [1.82, 2.24) is 9.97 Å². The SMILES string of the molecule is O=C(/C=C\c1cccnc1)Nc1ccc(Nc2ccc(F)cc2)c2ccncc12. The molecule has 0 saturated carbocycles. The first kappa shape index (κ1) is 18.3. The summed E-state index contributed by atoms with van der Waals surface area (Å²) in [6.45, 7) is 0. The highest BCUT2D eigenvalue weighted by atomic mass is 19.1. The van der Waals surface area contributed by atoms with Gasteiger partial charge in [-0.15, -0.1) is 0 Å². The Kier molecular flexibility index (Phi) is 5.25. The zero-order chi connectivity index (χ0) is 20.1. The lowest BCUT2D eigenvalue weighted by Gasteiger charge is -2.13. The summed E-state index contributed by atoms with van der Waals surface area (Å²) >= 11 is 0. The van der Waals surface area contributed by atoms with Crippen molar-refractivity contribution < 1.29 is 9.18 Å². The van der Waals surface area contributed by atoms with Crippen LogP contribution in [-0.4, -0.2) is 15.9 Å². The van der Waals surface area contributed by atoms with Crippen molar-refractivity contribution in [3.05, 3.63) is 96.8 Å². The molecule has 5 nitrogen and oxygen atoms in total. The van der Waals surface area contributed by atoms with E-state index in [2.05, 4.69) is 20.6 Å². The molecule has 1 amide bonds. The molecular weight excluding hydrogens is 367 g/mol. The Bertz CT molecular complexity index is 1170. The van der Waals surface area contributed by atoms with E-state index in [9.17, 15) is 9.18 Å². The molecule has 2 aromatic heterocycles. The van der Waals surface area contributed by atoms with Crippen LogP contribution in [0.4, 0.5) is 21.5 Å². The molecule has 0 aliphatic heterocycles. The van der Waals surface area contributed by atoms with Crippen LogP contribution in [0.1, 0.15) is 5.56 Å². The molecule has 2 N–H and O–H groups in total. The predicted octanol–water partition coefficient (Wildman–Crippen LogP) is 5.16. The van der Waals surface area contributed by atoms with E-state index in [1.807, 2.05) is 30.3 Å². The van der Waals surface area contributed by atoms with Gasteiger partial charge in [-0.2, -0.15) is 0 Å². The van der Waals surface area contributed by atoms with Gasteiger partial charge in [0.2, 0.25) is 5.91 Å². The number of carbonyl (C=O) groups excluding carboxylic acids is 1. The van der Waals surface area contributed by atoms with E-state index >= 15 is 0 Å². The minimum absolute atomic E-state index is 0.252. The third-order valence-electron chi connectivity index (χ3n) is 4.31. The summed E-state index contributed by atoms with van der Waals surface area (Å²) < 4.78 is 13.1. The molecule has 2 aromatic carbocycles. The number of carbonyl (C=O) groups is 1. The van der Waals surface area contributed by atoms with E-state index in [1.165, 1.54) is 18.2 Å². The first-order valence-electron chi connectivity index (χ1n) is 8.97. The fraction of sp³-hybridized carbons (Fsp3) is 0. The van der Waals surface area contributed by atoms with Gasteiger partial charge in [0, 0.05) is 53.0 Å². The van der Waals surface area contributed by atoms with Gasteiger partial charge in [0.1, 0.15) is 5.82 Å². The van der Waals surface area contributed by atoms with Crippen molar-refractivity contribution in [1.29, 1.82) is 0 Å². The standard InChI is InChI=1S/C23H17FN4O/c24-17-4-6-18(7-5-17)27-21-8-9-22(20-15-26-13-11-19(20)21)28-23(29)10-3-16-2-1-12-25-14-16/h1-15,27H,(H,28,29)/b10-3-. The van der Waals surface area contributed by atoms with Gasteiger partial charge in [0.15, 0.2) is 0 Å². The average Bonchev–Trinajstić information content (AvgIpc) is 2.76. The molecular formula is C23H17FN4O. The zero-order valence-corrected chi connectivity index (χ0v) is 15.3. The topological polar surface area (TPSA) is 66.9 Å². The van der Waals surface area contributed by atoms with Crippen LogP contribution in [0, 0.1) is 5.82 Å². The van der Waals surface area contributed by atoms with Crippen molar-refractivity contribution in [3.63, 3.8) is 0 Å². The summed E-state index contributed by atoms with van der Waals surface area (Å²) in [4.78, 5) is 20.5. The van der Waals surface area contributed by atoms with Crippen LogP contribution in [0.5, 0.6) is 0 Å². The highest BCUT2D eigenvalue weighted by molar-refractivity contribution is 6.10. The van der Waals surface area contributed by atoms with Crippen molar-refractivity contribution in [2.45, 2.75) is 0 Å². The first-order valence-corrected chi connectivity index (χ1v) is 8.97. The van der Waals surface area contributed by atoms with Gasteiger partial charge in [-0.3, -0.25) is 14.8 Å². The molecule has 0 radical (unpaired) electrons. The molecule has 0 bridgehead atoms. The van der Waals surface area contributed by atoms with E-state index < -0.39 is 0 Å². The Balaban J connectivity index is 1.58. The zero-order valence-electron chi connectivity index (χ0n) is 15.3. The lowest BCUT2D eigenvalue weighted by Crippen LogP contribution is -2.08. The molecule has 0 aliphatic carbocycles. The number of rotatable bonds is 5. The number of hydrogen-bond donors (Lipinski definition) is 2. The summed E-state index contributed by atoms with van der Waals surface area (Å²) in [5.41, 5.74) is 3.09. The third kappa shape index (κ3) is 4.44. The smallest absolute Gasteiger partial charge is 0.248 e. The summed E-state index contributed by atoms with van der Waals surface area (Å²) in [6, 6.07) is 15.4. The number of halogens is 1. The second-order valence-electron chi connectivity index (χ2n) is 6.32. The number of nitrogens with zero attached hydrogens (tertiary/aromatic N) is 2.